The van der Waals surface area contributed by atoms with Crippen molar-refractivity contribution in [3.63, 3.8) is 0 Å². The van der Waals surface area contributed by atoms with Gasteiger partial charge < -0.3 is 19.1 Å². The molecule has 31 heavy (non-hydrogen) atoms. The molecule has 0 unspecified atom stereocenters. The van der Waals surface area contributed by atoms with Crippen molar-refractivity contribution in [1.82, 2.24) is 4.31 Å². The third kappa shape index (κ3) is 4.07. The Balaban J connectivity index is 1.49. The highest BCUT2D eigenvalue weighted by atomic mass is 32.2. The van der Waals surface area contributed by atoms with E-state index in [1.54, 1.807) is 17.0 Å². The van der Waals surface area contributed by atoms with E-state index in [4.69, 9.17) is 14.2 Å². The second-order valence-corrected chi connectivity index (χ2v) is 9.41. The first-order chi connectivity index (χ1) is 15.0. The van der Waals surface area contributed by atoms with E-state index >= 15 is 0 Å². The first-order valence-electron chi connectivity index (χ1n) is 10.2. The van der Waals surface area contributed by atoms with Gasteiger partial charge in [0.2, 0.25) is 15.9 Å². The van der Waals surface area contributed by atoms with Crippen LogP contribution in [0.1, 0.15) is 12.8 Å². The number of carbonyl (C=O) groups is 1. The Kier molecular flexibility index (Phi) is 6.06. The lowest BCUT2D eigenvalue weighted by molar-refractivity contribution is -0.123. The maximum Gasteiger partial charge on any atom is 0.246 e. The van der Waals surface area contributed by atoms with Crippen LogP contribution in [-0.4, -0.2) is 59.1 Å². The SMILES string of the molecule is COc1ccc(OC)c(S(=O)(=O)N2CCC(C(=O)N3CCOc4ccccc43)CC2)c1. The number of hydrogen-bond acceptors (Lipinski definition) is 6. The molecule has 0 spiro atoms. The molecule has 2 aromatic carbocycles. The van der Waals surface area contributed by atoms with Crippen LogP contribution >= 0.6 is 0 Å². The number of para-hydroxylation sites is 2. The van der Waals surface area contributed by atoms with Crippen molar-refractivity contribution in [2.45, 2.75) is 17.7 Å². The average Bonchev–Trinajstić information content (AvgIpc) is 2.82. The van der Waals surface area contributed by atoms with Crippen LogP contribution in [0.2, 0.25) is 0 Å². The van der Waals surface area contributed by atoms with E-state index in [1.165, 1.54) is 24.6 Å². The molecular formula is C22H26N2O6S. The fourth-order valence-electron chi connectivity index (χ4n) is 4.09. The second-order valence-electron chi connectivity index (χ2n) is 7.50. The maximum atomic E-state index is 13.3. The zero-order valence-corrected chi connectivity index (χ0v) is 18.4. The van der Waals surface area contributed by atoms with Gasteiger partial charge in [0.05, 0.1) is 26.5 Å². The quantitative estimate of drug-likeness (QED) is 0.702. The van der Waals surface area contributed by atoms with Gasteiger partial charge in [-0.1, -0.05) is 12.1 Å². The molecule has 8 nitrogen and oxygen atoms in total. The molecule has 0 bridgehead atoms. The lowest BCUT2D eigenvalue weighted by atomic mass is 9.96. The maximum absolute atomic E-state index is 13.3. The lowest BCUT2D eigenvalue weighted by Gasteiger charge is -2.35. The zero-order chi connectivity index (χ0) is 22.0. The summed E-state index contributed by atoms with van der Waals surface area (Å²) in [5, 5.41) is 0. The van der Waals surface area contributed by atoms with Gasteiger partial charge in [-0.25, -0.2) is 8.42 Å². The fraction of sp³-hybridized carbons (Fsp3) is 0.409. The minimum atomic E-state index is -3.78. The summed E-state index contributed by atoms with van der Waals surface area (Å²) >= 11 is 0. The van der Waals surface area contributed by atoms with E-state index in [0.29, 0.717) is 37.5 Å². The monoisotopic (exact) mass is 446 g/mol. The van der Waals surface area contributed by atoms with Crippen LogP contribution in [0.4, 0.5) is 5.69 Å². The van der Waals surface area contributed by atoms with Gasteiger partial charge in [0, 0.05) is 25.1 Å². The van der Waals surface area contributed by atoms with Crippen molar-refractivity contribution in [2.75, 3.05) is 45.4 Å². The van der Waals surface area contributed by atoms with E-state index in [9.17, 15) is 13.2 Å². The highest BCUT2D eigenvalue weighted by molar-refractivity contribution is 7.89. The number of benzene rings is 2. The first-order valence-corrected chi connectivity index (χ1v) is 11.6. The summed E-state index contributed by atoms with van der Waals surface area (Å²) in [7, 11) is -0.855. The summed E-state index contributed by atoms with van der Waals surface area (Å²) in [5.41, 5.74) is 0.773. The minimum Gasteiger partial charge on any atom is -0.497 e. The number of fused-ring (bicyclic) bond motifs is 1. The van der Waals surface area contributed by atoms with Crippen molar-refractivity contribution in [1.29, 1.82) is 0 Å². The molecule has 4 rings (SSSR count). The Bertz CT molecular complexity index is 1060. The molecule has 0 saturated carbocycles. The molecule has 166 valence electrons. The topological polar surface area (TPSA) is 85.4 Å². The molecule has 0 aromatic heterocycles. The molecule has 2 aliphatic heterocycles. The van der Waals surface area contributed by atoms with Crippen molar-refractivity contribution in [2.24, 2.45) is 5.92 Å². The Morgan fingerprint density at radius 3 is 2.48 bits per heavy atom. The van der Waals surface area contributed by atoms with Gasteiger partial charge in [0.1, 0.15) is 28.8 Å². The van der Waals surface area contributed by atoms with Gasteiger partial charge in [0.15, 0.2) is 0 Å². The van der Waals surface area contributed by atoms with E-state index in [1.807, 2.05) is 24.3 Å². The molecule has 1 amide bonds. The Morgan fingerprint density at radius 1 is 1.03 bits per heavy atom. The summed E-state index contributed by atoms with van der Waals surface area (Å²) < 4.78 is 44.0. The summed E-state index contributed by atoms with van der Waals surface area (Å²) in [4.78, 5) is 15.0. The average molecular weight is 447 g/mol. The summed E-state index contributed by atoms with van der Waals surface area (Å²) in [5.74, 6) is 1.20. The van der Waals surface area contributed by atoms with Crippen LogP contribution in [0.25, 0.3) is 0 Å². The number of piperidine rings is 1. The normalized spacial score (nSPS) is 17.5. The van der Waals surface area contributed by atoms with Crippen LogP contribution in [-0.2, 0) is 14.8 Å². The fourth-order valence-corrected chi connectivity index (χ4v) is 5.73. The first kappa shape index (κ1) is 21.5. The predicted octanol–water partition coefficient (Wildman–Crippen LogP) is 2.53. The second kappa shape index (κ2) is 8.76. The van der Waals surface area contributed by atoms with Crippen LogP contribution in [0.3, 0.4) is 0 Å². The third-order valence-electron chi connectivity index (χ3n) is 5.79. The summed E-state index contributed by atoms with van der Waals surface area (Å²) in [6.07, 6.45) is 0.924. The number of sulfonamides is 1. The Hall–Kier alpha value is -2.78. The third-order valence-corrected chi connectivity index (χ3v) is 7.71. The molecule has 0 radical (unpaired) electrons. The molecule has 0 N–H and O–H groups in total. The summed E-state index contributed by atoms with van der Waals surface area (Å²) in [6.45, 7) is 1.48. The van der Waals surface area contributed by atoms with E-state index in [2.05, 4.69) is 0 Å². The molecule has 0 atom stereocenters. The standard InChI is InChI=1S/C22H26N2O6S/c1-28-17-7-8-20(29-2)21(15-17)31(26,27)23-11-9-16(10-12-23)22(25)24-13-14-30-19-6-4-3-5-18(19)24/h3-8,15-16H,9-14H2,1-2H3. The van der Waals surface area contributed by atoms with E-state index in [-0.39, 0.29) is 35.6 Å². The Morgan fingerprint density at radius 2 is 1.77 bits per heavy atom. The van der Waals surface area contributed by atoms with Gasteiger partial charge in [-0.3, -0.25) is 4.79 Å². The minimum absolute atomic E-state index is 0.0201. The number of rotatable bonds is 5. The molecule has 2 aromatic rings. The van der Waals surface area contributed by atoms with Crippen LogP contribution in [0, 0.1) is 5.92 Å². The highest BCUT2D eigenvalue weighted by Crippen LogP contribution is 2.35. The van der Waals surface area contributed by atoms with Gasteiger partial charge >= 0.3 is 0 Å². The zero-order valence-electron chi connectivity index (χ0n) is 17.6. The van der Waals surface area contributed by atoms with Gasteiger partial charge in [-0.05, 0) is 37.1 Å². The molecule has 2 aliphatic rings. The van der Waals surface area contributed by atoms with E-state index < -0.39 is 10.0 Å². The molecule has 2 heterocycles. The lowest BCUT2D eigenvalue weighted by Crippen LogP contribution is -2.46. The number of hydrogen-bond donors (Lipinski definition) is 0. The number of amides is 1. The van der Waals surface area contributed by atoms with Gasteiger partial charge in [0.25, 0.3) is 0 Å². The van der Waals surface area contributed by atoms with Gasteiger partial charge in [-0.2, -0.15) is 4.31 Å². The predicted molar refractivity (Wildman–Crippen MR) is 115 cm³/mol. The van der Waals surface area contributed by atoms with Crippen molar-refractivity contribution in [3.8, 4) is 17.2 Å². The van der Waals surface area contributed by atoms with Gasteiger partial charge in [-0.15, -0.1) is 0 Å². The number of ether oxygens (including phenoxy) is 3. The van der Waals surface area contributed by atoms with Crippen molar-refractivity contribution >= 4 is 21.6 Å². The smallest absolute Gasteiger partial charge is 0.246 e. The molecule has 9 heteroatoms. The van der Waals surface area contributed by atoms with Crippen LogP contribution in [0.5, 0.6) is 17.2 Å². The Labute approximate surface area is 182 Å². The van der Waals surface area contributed by atoms with Crippen molar-refractivity contribution < 1.29 is 27.4 Å². The van der Waals surface area contributed by atoms with Crippen LogP contribution < -0.4 is 19.1 Å². The van der Waals surface area contributed by atoms with Crippen LogP contribution in [0.15, 0.2) is 47.4 Å². The number of methoxy groups -OCH3 is 2. The molecule has 1 fully saturated rings. The van der Waals surface area contributed by atoms with E-state index in [0.717, 1.165) is 5.69 Å². The number of anilines is 1. The molecule has 0 aliphatic carbocycles. The van der Waals surface area contributed by atoms with Crippen molar-refractivity contribution in [3.05, 3.63) is 42.5 Å². The molecular weight excluding hydrogens is 420 g/mol. The number of carbonyl (C=O) groups excluding carboxylic acids is 1. The number of nitrogens with zero attached hydrogens (tertiary/aromatic N) is 2. The molecule has 1 saturated heterocycles. The highest BCUT2D eigenvalue weighted by Gasteiger charge is 2.36. The summed E-state index contributed by atoms with van der Waals surface area (Å²) in [6, 6.07) is 12.2. The largest absolute Gasteiger partial charge is 0.497 e.